The average Bonchev–Trinajstić information content (AvgIpc) is 2.64. The maximum absolute atomic E-state index is 5.42. The van der Waals surface area contributed by atoms with E-state index in [2.05, 4.69) is 30.6 Å². The minimum Gasteiger partial charge on any atom is -0.379 e. The van der Waals surface area contributed by atoms with Crippen LogP contribution < -0.4 is 0 Å². The Balaban J connectivity index is 1.95. The third-order valence-electron chi connectivity index (χ3n) is 3.99. The first-order valence-corrected chi connectivity index (χ1v) is 6.19. The van der Waals surface area contributed by atoms with E-state index in [1.807, 2.05) is 0 Å². The van der Waals surface area contributed by atoms with Gasteiger partial charge in [0.25, 0.3) is 0 Å². The first kappa shape index (κ1) is 11.4. The Hall–Kier alpha value is -0.120. The number of likely N-dealkylation sites (tertiary alicyclic amines) is 1. The zero-order chi connectivity index (χ0) is 10.9. The van der Waals surface area contributed by atoms with Gasteiger partial charge in [0.2, 0.25) is 0 Å². The molecule has 2 aliphatic heterocycles. The predicted molar refractivity (Wildman–Crippen MR) is 62.1 cm³/mol. The number of morpholine rings is 1. The van der Waals surface area contributed by atoms with Crippen LogP contribution in [0.2, 0.25) is 0 Å². The fourth-order valence-electron chi connectivity index (χ4n) is 2.78. The highest BCUT2D eigenvalue weighted by molar-refractivity contribution is 4.96. The summed E-state index contributed by atoms with van der Waals surface area (Å²) in [6.45, 7) is 13.5. The summed E-state index contributed by atoms with van der Waals surface area (Å²) in [6.07, 6.45) is 1.31. The van der Waals surface area contributed by atoms with Crippen LogP contribution in [0.5, 0.6) is 0 Å². The van der Waals surface area contributed by atoms with Crippen molar-refractivity contribution in [3.05, 3.63) is 0 Å². The second-order valence-corrected chi connectivity index (χ2v) is 5.41. The SMILES string of the molecule is CC(C)N1CC[C@@](C)(N2CCOCC2)C1. The normalized spacial score (nSPS) is 35.2. The molecule has 2 rings (SSSR count). The average molecular weight is 212 g/mol. The first-order chi connectivity index (χ1) is 7.12. The van der Waals surface area contributed by atoms with Gasteiger partial charge in [0, 0.05) is 37.8 Å². The van der Waals surface area contributed by atoms with E-state index < -0.39 is 0 Å². The summed E-state index contributed by atoms with van der Waals surface area (Å²) in [5.41, 5.74) is 0.397. The summed E-state index contributed by atoms with van der Waals surface area (Å²) in [7, 11) is 0. The van der Waals surface area contributed by atoms with Gasteiger partial charge in [0.15, 0.2) is 0 Å². The van der Waals surface area contributed by atoms with Crippen LogP contribution in [-0.2, 0) is 4.74 Å². The van der Waals surface area contributed by atoms with Gasteiger partial charge in [-0.3, -0.25) is 9.80 Å². The zero-order valence-electron chi connectivity index (χ0n) is 10.3. The van der Waals surface area contributed by atoms with Crippen molar-refractivity contribution >= 4 is 0 Å². The van der Waals surface area contributed by atoms with Gasteiger partial charge in [-0.25, -0.2) is 0 Å². The van der Waals surface area contributed by atoms with Crippen LogP contribution in [0.25, 0.3) is 0 Å². The molecule has 0 bridgehead atoms. The second kappa shape index (κ2) is 4.40. The van der Waals surface area contributed by atoms with E-state index in [1.54, 1.807) is 0 Å². The van der Waals surface area contributed by atoms with Crippen molar-refractivity contribution in [2.24, 2.45) is 0 Å². The van der Waals surface area contributed by atoms with Crippen LogP contribution in [0.3, 0.4) is 0 Å². The summed E-state index contributed by atoms with van der Waals surface area (Å²) in [4.78, 5) is 5.22. The number of ether oxygens (including phenoxy) is 1. The first-order valence-electron chi connectivity index (χ1n) is 6.19. The van der Waals surface area contributed by atoms with Crippen LogP contribution in [0.1, 0.15) is 27.2 Å². The van der Waals surface area contributed by atoms with Crippen molar-refractivity contribution in [1.82, 2.24) is 9.80 Å². The number of hydrogen-bond donors (Lipinski definition) is 0. The lowest BCUT2D eigenvalue weighted by atomic mass is 9.98. The Bertz CT molecular complexity index is 214. The third-order valence-corrected chi connectivity index (χ3v) is 3.99. The zero-order valence-corrected chi connectivity index (χ0v) is 10.3. The van der Waals surface area contributed by atoms with E-state index >= 15 is 0 Å². The highest BCUT2D eigenvalue weighted by Crippen LogP contribution is 2.29. The smallest absolute Gasteiger partial charge is 0.0594 e. The topological polar surface area (TPSA) is 15.7 Å². The fourth-order valence-corrected chi connectivity index (χ4v) is 2.78. The number of hydrogen-bond acceptors (Lipinski definition) is 3. The molecule has 3 heteroatoms. The Morgan fingerprint density at radius 3 is 2.33 bits per heavy atom. The van der Waals surface area contributed by atoms with Crippen molar-refractivity contribution in [3.63, 3.8) is 0 Å². The molecule has 2 fully saturated rings. The molecule has 88 valence electrons. The molecule has 2 heterocycles. The molecule has 2 saturated heterocycles. The van der Waals surface area contributed by atoms with Crippen LogP contribution in [0, 0.1) is 0 Å². The quantitative estimate of drug-likeness (QED) is 0.684. The van der Waals surface area contributed by atoms with Gasteiger partial charge in [0.1, 0.15) is 0 Å². The molecule has 0 aromatic heterocycles. The monoisotopic (exact) mass is 212 g/mol. The molecule has 0 aliphatic carbocycles. The number of nitrogens with zero attached hydrogens (tertiary/aromatic N) is 2. The van der Waals surface area contributed by atoms with Crippen molar-refractivity contribution in [2.75, 3.05) is 39.4 Å². The van der Waals surface area contributed by atoms with Crippen molar-refractivity contribution in [1.29, 1.82) is 0 Å². The summed E-state index contributed by atoms with van der Waals surface area (Å²) >= 11 is 0. The van der Waals surface area contributed by atoms with Crippen LogP contribution in [0.4, 0.5) is 0 Å². The van der Waals surface area contributed by atoms with Crippen molar-refractivity contribution < 1.29 is 4.74 Å². The van der Waals surface area contributed by atoms with Crippen LogP contribution >= 0.6 is 0 Å². The summed E-state index contributed by atoms with van der Waals surface area (Å²) in [5.74, 6) is 0. The lowest BCUT2D eigenvalue weighted by Crippen LogP contribution is -2.53. The van der Waals surface area contributed by atoms with Gasteiger partial charge in [0.05, 0.1) is 13.2 Å². The summed E-state index contributed by atoms with van der Waals surface area (Å²) in [6, 6.07) is 0.688. The minimum atomic E-state index is 0.397. The van der Waals surface area contributed by atoms with E-state index in [0.29, 0.717) is 11.6 Å². The molecule has 15 heavy (non-hydrogen) atoms. The molecule has 1 atom stereocenters. The molecular formula is C12H24N2O. The lowest BCUT2D eigenvalue weighted by Gasteiger charge is -2.41. The maximum Gasteiger partial charge on any atom is 0.0594 e. The molecule has 0 spiro atoms. The highest BCUT2D eigenvalue weighted by Gasteiger charge is 2.39. The summed E-state index contributed by atoms with van der Waals surface area (Å²) in [5, 5.41) is 0. The van der Waals surface area contributed by atoms with Gasteiger partial charge in [-0.05, 0) is 27.2 Å². The third kappa shape index (κ3) is 2.35. The molecule has 0 saturated carbocycles. The van der Waals surface area contributed by atoms with E-state index in [0.717, 1.165) is 26.3 Å². The van der Waals surface area contributed by atoms with Crippen molar-refractivity contribution in [3.8, 4) is 0 Å². The minimum absolute atomic E-state index is 0.397. The van der Waals surface area contributed by atoms with Gasteiger partial charge in [-0.2, -0.15) is 0 Å². The largest absolute Gasteiger partial charge is 0.379 e. The van der Waals surface area contributed by atoms with E-state index in [4.69, 9.17) is 4.74 Å². The second-order valence-electron chi connectivity index (χ2n) is 5.41. The van der Waals surface area contributed by atoms with E-state index in [-0.39, 0.29) is 0 Å². The predicted octanol–water partition coefficient (Wildman–Crippen LogP) is 1.19. The van der Waals surface area contributed by atoms with Crippen LogP contribution in [-0.4, -0.2) is 60.8 Å². The molecule has 0 N–H and O–H groups in total. The maximum atomic E-state index is 5.42. The molecular weight excluding hydrogens is 188 g/mol. The molecule has 0 unspecified atom stereocenters. The van der Waals surface area contributed by atoms with Gasteiger partial charge < -0.3 is 4.74 Å². The van der Waals surface area contributed by atoms with Gasteiger partial charge in [-0.15, -0.1) is 0 Å². The molecule has 0 aromatic carbocycles. The lowest BCUT2D eigenvalue weighted by molar-refractivity contribution is -0.0136. The highest BCUT2D eigenvalue weighted by atomic mass is 16.5. The molecule has 0 aromatic rings. The van der Waals surface area contributed by atoms with E-state index in [9.17, 15) is 0 Å². The van der Waals surface area contributed by atoms with Crippen LogP contribution in [0.15, 0.2) is 0 Å². The Kier molecular flexibility index (Phi) is 3.33. The summed E-state index contributed by atoms with van der Waals surface area (Å²) < 4.78 is 5.42. The molecule has 0 radical (unpaired) electrons. The molecule has 2 aliphatic rings. The fraction of sp³-hybridized carbons (Fsp3) is 1.00. The standard InChI is InChI=1S/C12H24N2O/c1-11(2)13-5-4-12(3,10-13)14-6-8-15-9-7-14/h11H,4-10H2,1-3H3/t12-/m1/s1. The van der Waals surface area contributed by atoms with E-state index in [1.165, 1.54) is 19.5 Å². The Morgan fingerprint density at radius 1 is 1.13 bits per heavy atom. The van der Waals surface area contributed by atoms with Gasteiger partial charge in [-0.1, -0.05) is 0 Å². The van der Waals surface area contributed by atoms with Gasteiger partial charge >= 0.3 is 0 Å². The molecule has 0 amide bonds. The Morgan fingerprint density at radius 2 is 1.80 bits per heavy atom. The number of rotatable bonds is 2. The Labute approximate surface area is 93.4 Å². The van der Waals surface area contributed by atoms with Crippen molar-refractivity contribution in [2.45, 2.75) is 38.8 Å². The molecule has 3 nitrogen and oxygen atoms in total.